The summed E-state index contributed by atoms with van der Waals surface area (Å²) in [5.74, 6) is -1.84. The van der Waals surface area contributed by atoms with Crippen molar-refractivity contribution in [2.45, 2.75) is 26.7 Å². The van der Waals surface area contributed by atoms with Gasteiger partial charge in [0, 0.05) is 12.2 Å². The molecule has 2 atom stereocenters. The molecule has 0 spiro atoms. The van der Waals surface area contributed by atoms with E-state index in [-0.39, 0.29) is 5.91 Å². The van der Waals surface area contributed by atoms with Gasteiger partial charge in [0.15, 0.2) is 0 Å². The summed E-state index contributed by atoms with van der Waals surface area (Å²) in [6, 6.07) is 7.91. The summed E-state index contributed by atoms with van der Waals surface area (Å²) >= 11 is 0. The standard InChI is InChI=1S/C16H19NO3/c1-16(2)12(13(16)15(19)20)14(18)17-9-5-7-10-6-3-4-8-11(10)17/h3-4,6,8,12-13H,5,7,9H2,1-2H3,(H,19,20)/t12-,13+/m1/s1. The minimum atomic E-state index is -0.862. The predicted octanol–water partition coefficient (Wildman–Crippen LogP) is 2.32. The number of anilines is 1. The monoisotopic (exact) mass is 273 g/mol. The number of fused-ring (bicyclic) bond motifs is 1. The van der Waals surface area contributed by atoms with Crippen LogP contribution in [0.2, 0.25) is 0 Å². The number of para-hydroxylation sites is 1. The fourth-order valence-corrected chi connectivity index (χ4v) is 3.49. The minimum Gasteiger partial charge on any atom is -0.481 e. The van der Waals surface area contributed by atoms with Gasteiger partial charge in [-0.3, -0.25) is 9.59 Å². The van der Waals surface area contributed by atoms with E-state index in [4.69, 9.17) is 0 Å². The number of hydrogen-bond acceptors (Lipinski definition) is 2. The van der Waals surface area contributed by atoms with E-state index in [0.29, 0.717) is 6.54 Å². The normalized spacial score (nSPS) is 26.8. The third-order valence-electron chi connectivity index (χ3n) is 4.74. The van der Waals surface area contributed by atoms with E-state index >= 15 is 0 Å². The van der Waals surface area contributed by atoms with Crippen LogP contribution in [0.4, 0.5) is 5.69 Å². The molecule has 0 radical (unpaired) electrons. The number of rotatable bonds is 2. The van der Waals surface area contributed by atoms with E-state index in [1.54, 1.807) is 4.90 Å². The van der Waals surface area contributed by atoms with E-state index in [1.165, 1.54) is 5.56 Å². The first-order valence-electron chi connectivity index (χ1n) is 7.06. The van der Waals surface area contributed by atoms with Gasteiger partial charge < -0.3 is 10.0 Å². The highest BCUT2D eigenvalue weighted by Crippen LogP contribution is 2.59. The van der Waals surface area contributed by atoms with Crippen molar-refractivity contribution in [1.29, 1.82) is 0 Å². The average Bonchev–Trinajstić information content (AvgIpc) is 3.00. The summed E-state index contributed by atoms with van der Waals surface area (Å²) in [7, 11) is 0. The maximum Gasteiger partial charge on any atom is 0.307 e. The quantitative estimate of drug-likeness (QED) is 0.899. The van der Waals surface area contributed by atoms with Crippen LogP contribution in [0.3, 0.4) is 0 Å². The lowest BCUT2D eigenvalue weighted by Crippen LogP contribution is -2.37. The van der Waals surface area contributed by atoms with E-state index in [2.05, 4.69) is 0 Å². The number of benzene rings is 1. The second kappa shape index (κ2) is 4.33. The Bertz CT molecular complexity index is 579. The highest BCUT2D eigenvalue weighted by atomic mass is 16.4. The number of carboxylic acids is 1. The van der Waals surface area contributed by atoms with Gasteiger partial charge in [-0.15, -0.1) is 0 Å². The van der Waals surface area contributed by atoms with Gasteiger partial charge in [-0.1, -0.05) is 32.0 Å². The Morgan fingerprint density at radius 3 is 2.60 bits per heavy atom. The summed E-state index contributed by atoms with van der Waals surface area (Å²) < 4.78 is 0. The summed E-state index contributed by atoms with van der Waals surface area (Å²) in [5, 5.41) is 9.23. The Balaban J connectivity index is 1.89. The van der Waals surface area contributed by atoms with Crippen molar-refractivity contribution in [1.82, 2.24) is 0 Å². The van der Waals surface area contributed by atoms with Crippen molar-refractivity contribution in [3.63, 3.8) is 0 Å². The molecule has 4 heteroatoms. The largest absolute Gasteiger partial charge is 0.481 e. The molecule has 1 amide bonds. The number of nitrogens with zero attached hydrogens (tertiary/aromatic N) is 1. The lowest BCUT2D eigenvalue weighted by Gasteiger charge is -2.30. The van der Waals surface area contributed by atoms with Crippen LogP contribution in [0.15, 0.2) is 24.3 Å². The van der Waals surface area contributed by atoms with Crippen molar-refractivity contribution in [3.05, 3.63) is 29.8 Å². The zero-order valence-corrected chi connectivity index (χ0v) is 11.8. The molecule has 1 fully saturated rings. The minimum absolute atomic E-state index is 0.0328. The van der Waals surface area contributed by atoms with Crippen molar-refractivity contribution in [2.75, 3.05) is 11.4 Å². The van der Waals surface area contributed by atoms with Crippen LogP contribution in [-0.2, 0) is 16.0 Å². The molecule has 1 saturated carbocycles. The molecule has 0 bridgehead atoms. The highest BCUT2D eigenvalue weighted by molar-refractivity contribution is 6.02. The molecule has 1 heterocycles. The summed E-state index contributed by atoms with van der Waals surface area (Å²) in [6.45, 7) is 4.42. The van der Waals surface area contributed by atoms with Crippen LogP contribution in [0.5, 0.6) is 0 Å². The number of carbonyl (C=O) groups excluding carboxylic acids is 1. The van der Waals surface area contributed by atoms with Gasteiger partial charge >= 0.3 is 5.97 Å². The third-order valence-corrected chi connectivity index (χ3v) is 4.74. The maximum absolute atomic E-state index is 12.7. The van der Waals surface area contributed by atoms with E-state index in [9.17, 15) is 14.7 Å². The first-order chi connectivity index (χ1) is 9.44. The Kier molecular flexibility index (Phi) is 2.85. The van der Waals surface area contributed by atoms with Gasteiger partial charge in [-0.2, -0.15) is 0 Å². The van der Waals surface area contributed by atoms with Crippen LogP contribution in [0.1, 0.15) is 25.8 Å². The van der Waals surface area contributed by atoms with Crippen molar-refractivity contribution in [2.24, 2.45) is 17.3 Å². The fraction of sp³-hybridized carbons (Fsp3) is 0.500. The molecule has 1 aliphatic carbocycles. The molecule has 1 N–H and O–H groups in total. The molecular formula is C16H19NO3. The molecule has 1 aromatic rings. The van der Waals surface area contributed by atoms with Gasteiger partial charge in [-0.25, -0.2) is 0 Å². The molecule has 0 unspecified atom stereocenters. The van der Waals surface area contributed by atoms with Crippen LogP contribution in [0, 0.1) is 17.3 Å². The molecule has 0 aromatic heterocycles. The Morgan fingerprint density at radius 2 is 1.95 bits per heavy atom. The number of hydrogen-bond donors (Lipinski definition) is 1. The first kappa shape index (κ1) is 13.2. The molecular weight excluding hydrogens is 254 g/mol. The summed E-state index contributed by atoms with van der Waals surface area (Å²) in [4.78, 5) is 25.8. The maximum atomic E-state index is 12.7. The van der Waals surface area contributed by atoms with Crippen LogP contribution >= 0.6 is 0 Å². The zero-order valence-electron chi connectivity index (χ0n) is 11.8. The molecule has 2 aliphatic rings. The summed E-state index contributed by atoms with van der Waals surface area (Å²) in [5.41, 5.74) is 1.70. The van der Waals surface area contributed by atoms with E-state index in [0.717, 1.165) is 18.5 Å². The number of carboxylic acid groups (broad SMARTS) is 1. The lowest BCUT2D eigenvalue weighted by atomic mass is 10.0. The SMILES string of the molecule is CC1(C)[C@H](C(=O)O)[C@@H]1C(=O)N1CCCc2ccccc21. The zero-order chi connectivity index (χ0) is 14.5. The van der Waals surface area contributed by atoms with Gasteiger partial charge in [0.05, 0.1) is 11.8 Å². The Hall–Kier alpha value is -1.84. The van der Waals surface area contributed by atoms with Gasteiger partial charge in [-0.05, 0) is 29.9 Å². The van der Waals surface area contributed by atoms with Crippen LogP contribution in [0.25, 0.3) is 0 Å². The molecule has 4 nitrogen and oxygen atoms in total. The smallest absolute Gasteiger partial charge is 0.307 e. The van der Waals surface area contributed by atoms with Crippen molar-refractivity contribution in [3.8, 4) is 0 Å². The van der Waals surface area contributed by atoms with Gasteiger partial charge in [0.2, 0.25) is 5.91 Å². The number of aryl methyl sites for hydroxylation is 1. The first-order valence-corrected chi connectivity index (χ1v) is 7.06. The molecule has 106 valence electrons. The average molecular weight is 273 g/mol. The lowest BCUT2D eigenvalue weighted by molar-refractivity contribution is -0.140. The second-order valence-corrected chi connectivity index (χ2v) is 6.34. The van der Waals surface area contributed by atoms with Gasteiger partial charge in [0.1, 0.15) is 0 Å². The second-order valence-electron chi connectivity index (χ2n) is 6.34. The topological polar surface area (TPSA) is 57.6 Å². The van der Waals surface area contributed by atoms with E-state index < -0.39 is 23.2 Å². The number of aliphatic carboxylic acids is 1. The van der Waals surface area contributed by atoms with E-state index in [1.807, 2.05) is 38.1 Å². The third kappa shape index (κ3) is 1.82. The van der Waals surface area contributed by atoms with Crippen LogP contribution < -0.4 is 4.90 Å². The highest BCUT2D eigenvalue weighted by Gasteiger charge is 2.66. The van der Waals surface area contributed by atoms with Crippen molar-refractivity contribution < 1.29 is 14.7 Å². The van der Waals surface area contributed by atoms with Crippen LogP contribution in [-0.4, -0.2) is 23.5 Å². The fourth-order valence-electron chi connectivity index (χ4n) is 3.49. The molecule has 1 aromatic carbocycles. The summed E-state index contributed by atoms with van der Waals surface area (Å²) in [6.07, 6.45) is 1.92. The molecule has 20 heavy (non-hydrogen) atoms. The molecule has 3 rings (SSSR count). The molecule has 0 saturated heterocycles. The van der Waals surface area contributed by atoms with Gasteiger partial charge in [0.25, 0.3) is 0 Å². The number of amides is 1. The number of carbonyl (C=O) groups is 2. The van der Waals surface area contributed by atoms with Crippen molar-refractivity contribution >= 4 is 17.6 Å². The predicted molar refractivity (Wildman–Crippen MR) is 75.5 cm³/mol. The Morgan fingerprint density at radius 1 is 1.25 bits per heavy atom. The molecule has 1 aliphatic heterocycles. The Labute approximate surface area is 118 Å².